The normalized spacial score (nSPS) is 17.1. The lowest BCUT2D eigenvalue weighted by Crippen LogP contribution is -2.56. The summed E-state index contributed by atoms with van der Waals surface area (Å²) in [5, 5.41) is 9.91. The molecule has 1 aliphatic heterocycles. The van der Waals surface area contributed by atoms with Crippen LogP contribution < -0.4 is 15.4 Å². The molecule has 0 aliphatic carbocycles. The first-order valence-corrected chi connectivity index (χ1v) is 10.2. The lowest BCUT2D eigenvalue weighted by atomic mass is 10.1. The molecule has 1 aromatic carbocycles. The van der Waals surface area contributed by atoms with Gasteiger partial charge in [-0.05, 0) is 18.6 Å². The van der Waals surface area contributed by atoms with E-state index < -0.39 is 6.04 Å². The van der Waals surface area contributed by atoms with Gasteiger partial charge in [0.05, 0.1) is 19.6 Å². The molecule has 30 heavy (non-hydrogen) atoms. The minimum absolute atomic E-state index is 0.0985. The van der Waals surface area contributed by atoms with E-state index >= 15 is 0 Å². The van der Waals surface area contributed by atoms with E-state index in [0.29, 0.717) is 26.2 Å². The topological polar surface area (TPSA) is 88.5 Å². The van der Waals surface area contributed by atoms with Crippen LogP contribution in [0.5, 0.6) is 5.75 Å². The summed E-state index contributed by atoms with van der Waals surface area (Å²) >= 11 is 0. The molecular weight excluding hydrogens is 382 g/mol. The number of nitrogens with one attached hydrogen (secondary N) is 2. The second-order valence-corrected chi connectivity index (χ2v) is 7.12. The molecular formula is C22H29N5O3. The van der Waals surface area contributed by atoms with Crippen molar-refractivity contribution in [3.63, 3.8) is 0 Å². The van der Waals surface area contributed by atoms with Crippen molar-refractivity contribution in [3.05, 3.63) is 54.4 Å². The van der Waals surface area contributed by atoms with Crippen LogP contribution in [0, 0.1) is 0 Å². The Kier molecular flexibility index (Phi) is 8.02. The summed E-state index contributed by atoms with van der Waals surface area (Å²) in [6.07, 6.45) is 8.55. The van der Waals surface area contributed by atoms with Crippen molar-refractivity contribution in [1.29, 1.82) is 0 Å². The zero-order valence-electron chi connectivity index (χ0n) is 17.3. The first kappa shape index (κ1) is 21.6. The van der Waals surface area contributed by atoms with Gasteiger partial charge < -0.3 is 15.4 Å². The van der Waals surface area contributed by atoms with E-state index in [2.05, 4.69) is 15.7 Å². The van der Waals surface area contributed by atoms with Crippen molar-refractivity contribution in [3.8, 4) is 5.75 Å². The van der Waals surface area contributed by atoms with Crippen LogP contribution in [0.15, 0.2) is 48.8 Å². The minimum atomic E-state index is -0.466. The van der Waals surface area contributed by atoms with Crippen LogP contribution >= 0.6 is 0 Å². The number of carbonyl (C=O) groups excluding carboxylic acids is 2. The van der Waals surface area contributed by atoms with Crippen molar-refractivity contribution >= 4 is 17.9 Å². The predicted octanol–water partition coefficient (Wildman–Crippen LogP) is 1.30. The third-order valence-corrected chi connectivity index (χ3v) is 5.04. The first-order valence-electron chi connectivity index (χ1n) is 10.2. The zero-order valence-corrected chi connectivity index (χ0v) is 17.3. The number of rotatable bonds is 10. The van der Waals surface area contributed by atoms with Crippen LogP contribution in [0.25, 0.3) is 6.08 Å². The molecule has 2 N–H and O–H groups in total. The number of aromatic nitrogens is 2. The van der Waals surface area contributed by atoms with Gasteiger partial charge in [0.2, 0.25) is 11.8 Å². The van der Waals surface area contributed by atoms with Crippen LogP contribution in [0.1, 0.15) is 18.4 Å². The monoisotopic (exact) mass is 411 g/mol. The second-order valence-electron chi connectivity index (χ2n) is 7.12. The number of hydrogen-bond acceptors (Lipinski definition) is 5. The number of hydrogen-bond donors (Lipinski definition) is 2. The lowest BCUT2D eigenvalue weighted by Gasteiger charge is -2.33. The van der Waals surface area contributed by atoms with E-state index in [-0.39, 0.29) is 18.2 Å². The number of carbonyl (C=O) groups is 2. The molecule has 1 fully saturated rings. The highest BCUT2D eigenvalue weighted by Crippen LogP contribution is 2.19. The molecule has 1 atom stereocenters. The highest BCUT2D eigenvalue weighted by Gasteiger charge is 2.30. The molecule has 8 heteroatoms. The summed E-state index contributed by atoms with van der Waals surface area (Å²) in [5.74, 6) is 0.589. The number of methoxy groups -OCH3 is 1. The maximum atomic E-state index is 12.4. The second kappa shape index (κ2) is 11.2. The minimum Gasteiger partial charge on any atom is -0.496 e. The number of piperazine rings is 1. The maximum absolute atomic E-state index is 12.4. The molecule has 8 nitrogen and oxygen atoms in total. The van der Waals surface area contributed by atoms with Gasteiger partial charge in [-0.25, -0.2) is 0 Å². The van der Waals surface area contributed by atoms with Crippen LogP contribution in [0.4, 0.5) is 0 Å². The van der Waals surface area contributed by atoms with Gasteiger partial charge in [-0.2, -0.15) is 5.10 Å². The molecule has 3 rings (SSSR count). The maximum Gasteiger partial charge on any atom is 0.237 e. The predicted molar refractivity (Wildman–Crippen MR) is 115 cm³/mol. The lowest BCUT2D eigenvalue weighted by molar-refractivity contribution is -0.133. The summed E-state index contributed by atoms with van der Waals surface area (Å²) in [6, 6.07) is 9.18. The summed E-state index contributed by atoms with van der Waals surface area (Å²) in [4.78, 5) is 26.8. The molecule has 1 aromatic heterocycles. The molecule has 0 bridgehead atoms. The highest BCUT2D eigenvalue weighted by molar-refractivity contribution is 5.88. The van der Waals surface area contributed by atoms with Gasteiger partial charge in [-0.15, -0.1) is 0 Å². The molecule has 2 aromatic rings. The Morgan fingerprint density at radius 1 is 1.37 bits per heavy atom. The number of para-hydroxylation sites is 1. The van der Waals surface area contributed by atoms with Crippen LogP contribution in [-0.4, -0.2) is 65.8 Å². The van der Waals surface area contributed by atoms with Crippen LogP contribution in [-0.2, 0) is 16.1 Å². The van der Waals surface area contributed by atoms with Crippen LogP contribution in [0.3, 0.4) is 0 Å². The Labute approximate surface area is 176 Å². The van der Waals surface area contributed by atoms with Crippen molar-refractivity contribution < 1.29 is 14.3 Å². The number of ether oxygens (including phenoxy) is 1. The van der Waals surface area contributed by atoms with E-state index in [1.165, 1.54) is 0 Å². The summed E-state index contributed by atoms with van der Waals surface area (Å²) < 4.78 is 7.19. The average Bonchev–Trinajstić information content (AvgIpc) is 3.27. The van der Waals surface area contributed by atoms with E-state index in [0.717, 1.165) is 24.3 Å². The molecule has 2 heterocycles. The summed E-state index contributed by atoms with van der Waals surface area (Å²) in [7, 11) is 1.64. The molecule has 1 unspecified atom stereocenters. The van der Waals surface area contributed by atoms with Gasteiger partial charge >= 0.3 is 0 Å². The first-order chi connectivity index (χ1) is 14.7. The Balaban J connectivity index is 1.49. The third kappa shape index (κ3) is 6.18. The summed E-state index contributed by atoms with van der Waals surface area (Å²) in [6.45, 7) is 3.18. The summed E-state index contributed by atoms with van der Waals surface area (Å²) in [5.41, 5.74) is 0.980. The van der Waals surface area contributed by atoms with Crippen molar-refractivity contribution in [1.82, 2.24) is 25.3 Å². The number of amides is 2. The van der Waals surface area contributed by atoms with E-state index in [1.807, 2.05) is 58.3 Å². The van der Waals surface area contributed by atoms with E-state index in [4.69, 9.17) is 4.74 Å². The van der Waals surface area contributed by atoms with Gasteiger partial charge in [0.1, 0.15) is 5.75 Å². The Morgan fingerprint density at radius 3 is 3.03 bits per heavy atom. The Hall–Kier alpha value is -3.13. The fourth-order valence-electron chi connectivity index (χ4n) is 3.47. The standard InChI is InChI=1S/C22H29N5O3/c1-30-20-9-3-2-7-18(20)8-4-13-26-16-12-24-22(29)19(26)17-21(28)23-10-5-14-27-15-6-11-25-27/h2-4,6-9,11,15,19H,5,10,12-14,16-17H2,1H3,(H,23,28)(H,24,29). The van der Waals surface area contributed by atoms with Crippen molar-refractivity contribution in [2.75, 3.05) is 33.3 Å². The largest absolute Gasteiger partial charge is 0.496 e. The average molecular weight is 412 g/mol. The molecule has 0 spiro atoms. The van der Waals surface area contributed by atoms with Crippen molar-refractivity contribution in [2.45, 2.75) is 25.4 Å². The molecule has 1 aliphatic rings. The fourth-order valence-corrected chi connectivity index (χ4v) is 3.47. The highest BCUT2D eigenvalue weighted by atomic mass is 16.5. The van der Waals surface area contributed by atoms with Gasteiger partial charge in [0.15, 0.2) is 0 Å². The van der Waals surface area contributed by atoms with Crippen LogP contribution in [0.2, 0.25) is 0 Å². The fraction of sp³-hybridized carbons (Fsp3) is 0.409. The van der Waals surface area contributed by atoms with Crippen molar-refractivity contribution in [2.24, 2.45) is 0 Å². The van der Waals surface area contributed by atoms with Gasteiger partial charge in [-0.1, -0.05) is 30.4 Å². The van der Waals surface area contributed by atoms with Gasteiger partial charge in [-0.3, -0.25) is 19.2 Å². The number of aryl methyl sites for hydroxylation is 1. The third-order valence-electron chi connectivity index (χ3n) is 5.04. The smallest absolute Gasteiger partial charge is 0.237 e. The van der Waals surface area contributed by atoms with Gasteiger partial charge in [0.25, 0.3) is 0 Å². The number of benzene rings is 1. The quantitative estimate of drug-likeness (QED) is 0.576. The Morgan fingerprint density at radius 2 is 2.23 bits per heavy atom. The SMILES string of the molecule is COc1ccccc1C=CCN1CCNC(=O)C1CC(=O)NCCCn1cccn1. The molecule has 2 amide bonds. The Bertz CT molecular complexity index is 850. The molecule has 0 radical (unpaired) electrons. The molecule has 1 saturated heterocycles. The van der Waals surface area contributed by atoms with Gasteiger partial charge in [0, 0.05) is 50.7 Å². The molecule has 0 saturated carbocycles. The van der Waals surface area contributed by atoms with E-state index in [9.17, 15) is 9.59 Å². The zero-order chi connectivity index (χ0) is 21.2. The number of nitrogens with zero attached hydrogens (tertiary/aromatic N) is 3. The van der Waals surface area contributed by atoms with E-state index in [1.54, 1.807) is 13.3 Å². The molecule has 160 valence electrons.